The van der Waals surface area contributed by atoms with Crippen molar-refractivity contribution in [3.05, 3.63) is 88.7 Å². The Balaban J connectivity index is 1.85. The molecule has 0 unspecified atom stereocenters. The normalized spacial score (nSPS) is 11.0. The number of carbonyl (C=O) groups excluding carboxylic acids is 1. The van der Waals surface area contributed by atoms with Gasteiger partial charge in [0.05, 0.1) is 16.8 Å². The number of thiazole rings is 1. The van der Waals surface area contributed by atoms with Crippen molar-refractivity contribution in [3.8, 4) is 0 Å². The summed E-state index contributed by atoms with van der Waals surface area (Å²) in [7, 11) is 0. The molecule has 4 aromatic rings. The lowest BCUT2D eigenvalue weighted by Crippen LogP contribution is -2.32. The fourth-order valence-corrected chi connectivity index (χ4v) is 4.09. The second-order valence-electron chi connectivity index (χ2n) is 6.70. The lowest BCUT2D eigenvalue weighted by Gasteiger charge is -2.20. The van der Waals surface area contributed by atoms with E-state index in [2.05, 4.69) is 9.97 Å². The highest BCUT2D eigenvalue weighted by molar-refractivity contribution is 7.22. The highest BCUT2D eigenvalue weighted by atomic mass is 32.1. The van der Waals surface area contributed by atoms with Gasteiger partial charge in [0.15, 0.2) is 5.13 Å². The smallest absolute Gasteiger partial charge is 0.266 e. The predicted molar refractivity (Wildman–Crippen MR) is 110 cm³/mol. The maximum absolute atomic E-state index is 14.3. The lowest BCUT2D eigenvalue weighted by atomic mass is 10.1. The standard InChI is InChI=1S/C22H17F2N3OS/c1-13-8-9-18-20(14(13)2)26-22(29-18)27(12-15-5-4-10-25-11-15)21(28)19-16(23)6-3-7-17(19)24/h3-11H,12H2,1-2H3. The third-order valence-corrected chi connectivity index (χ3v) is 5.83. The van der Waals surface area contributed by atoms with Crippen molar-refractivity contribution in [2.24, 2.45) is 0 Å². The van der Waals surface area contributed by atoms with E-state index in [4.69, 9.17) is 0 Å². The number of aromatic nitrogens is 2. The van der Waals surface area contributed by atoms with E-state index in [0.29, 0.717) is 5.13 Å². The average Bonchev–Trinajstić information content (AvgIpc) is 3.14. The predicted octanol–water partition coefficient (Wildman–Crippen LogP) is 5.43. The van der Waals surface area contributed by atoms with Gasteiger partial charge in [0.1, 0.15) is 17.2 Å². The van der Waals surface area contributed by atoms with E-state index in [0.717, 1.165) is 39.0 Å². The molecular formula is C22H17F2N3OS. The second-order valence-corrected chi connectivity index (χ2v) is 7.71. The number of nitrogens with zero attached hydrogens (tertiary/aromatic N) is 3. The monoisotopic (exact) mass is 409 g/mol. The van der Waals surface area contributed by atoms with E-state index in [1.165, 1.54) is 22.3 Å². The van der Waals surface area contributed by atoms with Crippen LogP contribution in [0.4, 0.5) is 13.9 Å². The summed E-state index contributed by atoms with van der Waals surface area (Å²) in [5.41, 5.74) is 3.01. The molecule has 4 rings (SSSR count). The molecule has 0 radical (unpaired) electrons. The molecule has 1 amide bonds. The fraction of sp³-hybridized carbons (Fsp3) is 0.136. The zero-order valence-corrected chi connectivity index (χ0v) is 16.6. The number of amides is 1. The Morgan fingerprint density at radius 3 is 2.52 bits per heavy atom. The van der Waals surface area contributed by atoms with Crippen LogP contribution in [0.1, 0.15) is 27.0 Å². The van der Waals surface area contributed by atoms with E-state index in [-0.39, 0.29) is 6.54 Å². The van der Waals surface area contributed by atoms with Crippen LogP contribution in [0.5, 0.6) is 0 Å². The molecule has 0 aliphatic rings. The number of rotatable bonds is 4. The van der Waals surface area contributed by atoms with E-state index >= 15 is 0 Å². The number of fused-ring (bicyclic) bond motifs is 1. The summed E-state index contributed by atoms with van der Waals surface area (Å²) >= 11 is 1.31. The highest BCUT2D eigenvalue weighted by Crippen LogP contribution is 2.33. The molecule has 4 nitrogen and oxygen atoms in total. The fourth-order valence-electron chi connectivity index (χ4n) is 3.07. The molecule has 0 saturated carbocycles. The van der Waals surface area contributed by atoms with Gasteiger partial charge in [-0.15, -0.1) is 0 Å². The number of benzene rings is 2. The average molecular weight is 409 g/mol. The zero-order valence-electron chi connectivity index (χ0n) is 15.8. The molecular weight excluding hydrogens is 392 g/mol. The summed E-state index contributed by atoms with van der Waals surface area (Å²) in [4.78, 5) is 23.2. The minimum absolute atomic E-state index is 0.0955. The van der Waals surface area contributed by atoms with Crippen LogP contribution in [0.15, 0.2) is 54.9 Å². The maximum Gasteiger partial charge on any atom is 0.266 e. The van der Waals surface area contributed by atoms with Gasteiger partial charge in [-0.2, -0.15) is 0 Å². The number of hydrogen-bond acceptors (Lipinski definition) is 4. The quantitative estimate of drug-likeness (QED) is 0.451. The van der Waals surface area contributed by atoms with Crippen molar-refractivity contribution in [2.45, 2.75) is 20.4 Å². The van der Waals surface area contributed by atoms with Crippen LogP contribution >= 0.6 is 11.3 Å². The Morgan fingerprint density at radius 2 is 1.83 bits per heavy atom. The summed E-state index contributed by atoms with van der Waals surface area (Å²) in [6.45, 7) is 4.05. The first kappa shape index (κ1) is 19.1. The first-order valence-corrected chi connectivity index (χ1v) is 9.79. The maximum atomic E-state index is 14.3. The summed E-state index contributed by atoms with van der Waals surface area (Å²) in [5.74, 6) is -2.59. The topological polar surface area (TPSA) is 46.1 Å². The SMILES string of the molecule is Cc1ccc2sc(N(Cc3cccnc3)C(=O)c3c(F)cccc3F)nc2c1C. The van der Waals surface area contributed by atoms with Gasteiger partial charge >= 0.3 is 0 Å². The van der Waals surface area contributed by atoms with Gasteiger partial charge in [-0.3, -0.25) is 14.7 Å². The molecule has 0 aliphatic heterocycles. The number of aryl methyl sites for hydroxylation is 2. The zero-order chi connectivity index (χ0) is 20.5. The first-order chi connectivity index (χ1) is 14.0. The molecule has 0 bridgehead atoms. The van der Waals surface area contributed by atoms with E-state index in [1.54, 1.807) is 24.5 Å². The van der Waals surface area contributed by atoms with E-state index < -0.39 is 23.1 Å². The van der Waals surface area contributed by atoms with Crippen molar-refractivity contribution in [1.82, 2.24) is 9.97 Å². The van der Waals surface area contributed by atoms with Crippen LogP contribution < -0.4 is 4.90 Å². The molecule has 2 aromatic carbocycles. The van der Waals surface area contributed by atoms with Gasteiger partial charge in [0, 0.05) is 12.4 Å². The van der Waals surface area contributed by atoms with Crippen molar-refractivity contribution in [1.29, 1.82) is 0 Å². The van der Waals surface area contributed by atoms with Crippen LogP contribution in [0.3, 0.4) is 0 Å². The Morgan fingerprint density at radius 1 is 1.07 bits per heavy atom. The molecule has 0 spiro atoms. The minimum atomic E-state index is -0.903. The van der Waals surface area contributed by atoms with E-state index in [1.807, 2.05) is 26.0 Å². The molecule has 2 heterocycles. The molecule has 0 N–H and O–H groups in total. The third kappa shape index (κ3) is 3.61. The minimum Gasteiger partial charge on any atom is -0.279 e. The molecule has 0 fully saturated rings. The molecule has 0 aliphatic carbocycles. The highest BCUT2D eigenvalue weighted by Gasteiger charge is 2.27. The molecule has 7 heteroatoms. The Hall–Kier alpha value is -3.19. The van der Waals surface area contributed by atoms with Crippen LogP contribution in [0.25, 0.3) is 10.2 Å². The molecule has 0 atom stereocenters. The van der Waals surface area contributed by atoms with Gasteiger partial charge in [-0.05, 0) is 54.8 Å². The van der Waals surface area contributed by atoms with Crippen LogP contribution in [-0.2, 0) is 6.54 Å². The van der Waals surface area contributed by atoms with Gasteiger partial charge < -0.3 is 0 Å². The van der Waals surface area contributed by atoms with Crippen molar-refractivity contribution >= 4 is 32.6 Å². The Kier molecular flexibility index (Phi) is 5.07. The summed E-state index contributed by atoms with van der Waals surface area (Å²) in [5, 5.41) is 0.380. The van der Waals surface area contributed by atoms with Gasteiger partial charge in [-0.25, -0.2) is 13.8 Å². The van der Waals surface area contributed by atoms with Crippen LogP contribution in [-0.4, -0.2) is 15.9 Å². The Bertz CT molecular complexity index is 1190. The molecule has 2 aromatic heterocycles. The lowest BCUT2D eigenvalue weighted by molar-refractivity contribution is 0.0977. The number of pyridine rings is 1. The molecule has 146 valence electrons. The summed E-state index contributed by atoms with van der Waals surface area (Å²) < 4.78 is 29.5. The van der Waals surface area contributed by atoms with Crippen molar-refractivity contribution in [3.63, 3.8) is 0 Å². The van der Waals surface area contributed by atoms with Crippen molar-refractivity contribution < 1.29 is 13.6 Å². The number of halogens is 2. The number of carbonyl (C=O) groups is 1. The van der Waals surface area contributed by atoms with Crippen LogP contribution in [0.2, 0.25) is 0 Å². The number of anilines is 1. The van der Waals surface area contributed by atoms with Crippen molar-refractivity contribution in [2.75, 3.05) is 4.90 Å². The number of hydrogen-bond donors (Lipinski definition) is 0. The Labute approximate surface area is 170 Å². The molecule has 0 saturated heterocycles. The van der Waals surface area contributed by atoms with Gasteiger partial charge in [0.2, 0.25) is 0 Å². The largest absolute Gasteiger partial charge is 0.279 e. The molecule has 29 heavy (non-hydrogen) atoms. The second kappa shape index (κ2) is 7.67. The summed E-state index contributed by atoms with van der Waals surface area (Å²) in [6.07, 6.45) is 3.23. The third-order valence-electron chi connectivity index (χ3n) is 4.79. The van der Waals surface area contributed by atoms with Gasteiger partial charge in [-0.1, -0.05) is 29.5 Å². The first-order valence-electron chi connectivity index (χ1n) is 8.97. The van der Waals surface area contributed by atoms with Gasteiger partial charge in [0.25, 0.3) is 5.91 Å². The summed E-state index contributed by atoms with van der Waals surface area (Å²) in [6, 6.07) is 10.9. The van der Waals surface area contributed by atoms with Crippen LogP contribution in [0, 0.1) is 25.5 Å². The van der Waals surface area contributed by atoms with E-state index in [9.17, 15) is 13.6 Å².